The van der Waals surface area contributed by atoms with Gasteiger partial charge in [-0.15, -0.1) is 0 Å². The number of halogens is 3. The summed E-state index contributed by atoms with van der Waals surface area (Å²) in [5.74, 6) is -3.56. The van der Waals surface area contributed by atoms with E-state index >= 15 is 0 Å². The van der Waals surface area contributed by atoms with Crippen LogP contribution in [0, 0.1) is 11.6 Å². The van der Waals surface area contributed by atoms with Crippen molar-refractivity contribution in [2.45, 2.75) is 0 Å². The molecule has 0 saturated carbocycles. The first-order valence-corrected chi connectivity index (χ1v) is 9.11. The van der Waals surface area contributed by atoms with Gasteiger partial charge in [0.15, 0.2) is 5.78 Å². The molecule has 3 aromatic carbocycles. The Morgan fingerprint density at radius 2 is 1.28 bits per heavy atom. The molecule has 0 aromatic heterocycles. The molecule has 0 fully saturated rings. The van der Waals surface area contributed by atoms with E-state index in [1.165, 1.54) is 24.3 Å². The number of hydrogen-bond donors (Lipinski definition) is 2. The van der Waals surface area contributed by atoms with Crippen LogP contribution in [0.1, 0.15) is 26.3 Å². The highest BCUT2D eigenvalue weighted by Crippen LogP contribution is 2.17. The Morgan fingerprint density at radius 3 is 1.83 bits per heavy atom. The second-order valence-corrected chi connectivity index (χ2v) is 6.83. The summed E-state index contributed by atoms with van der Waals surface area (Å²) in [6.07, 6.45) is 0. The summed E-state index contributed by atoms with van der Waals surface area (Å²) < 4.78 is 28.0. The third-order valence-corrected chi connectivity index (χ3v) is 4.46. The van der Waals surface area contributed by atoms with Crippen molar-refractivity contribution in [3.05, 3.63) is 99.5 Å². The number of carbonyl (C=O) groups excluding carboxylic acids is 3. The van der Waals surface area contributed by atoms with Gasteiger partial charge in [-0.05, 0) is 60.7 Å². The molecule has 0 heterocycles. The molecule has 146 valence electrons. The largest absolute Gasteiger partial charge is 0.326 e. The van der Waals surface area contributed by atoms with E-state index in [2.05, 4.69) is 21.2 Å². The Balaban J connectivity index is 1.65. The second-order valence-electron chi connectivity index (χ2n) is 5.92. The van der Waals surface area contributed by atoms with Crippen LogP contribution < -0.4 is 10.6 Å². The molecule has 3 amide bonds. The van der Waals surface area contributed by atoms with Crippen LogP contribution in [0.15, 0.2) is 71.2 Å². The van der Waals surface area contributed by atoms with Gasteiger partial charge in [0.2, 0.25) is 0 Å². The SMILES string of the molecule is O=C(NC(=O)c1c(F)cccc1F)Nc1ccc(C(=O)c2ccc(Br)cc2)cc1. The van der Waals surface area contributed by atoms with Crippen LogP contribution in [0.25, 0.3) is 0 Å². The molecule has 5 nitrogen and oxygen atoms in total. The van der Waals surface area contributed by atoms with Crippen LogP contribution in [0.5, 0.6) is 0 Å². The molecule has 2 N–H and O–H groups in total. The minimum absolute atomic E-state index is 0.196. The number of ketones is 1. The predicted octanol–water partition coefficient (Wildman–Crippen LogP) is 4.92. The van der Waals surface area contributed by atoms with E-state index in [0.29, 0.717) is 11.1 Å². The fourth-order valence-electron chi connectivity index (χ4n) is 2.52. The standard InChI is InChI=1S/C21H13BrF2N2O3/c22-14-8-4-12(5-9-14)19(27)13-6-10-15(11-7-13)25-21(29)26-20(28)18-16(23)2-1-3-17(18)24/h1-11H,(H2,25,26,28,29). The molecule has 0 radical (unpaired) electrons. The second kappa shape index (κ2) is 8.74. The van der Waals surface area contributed by atoms with Gasteiger partial charge in [-0.25, -0.2) is 13.6 Å². The first-order chi connectivity index (χ1) is 13.8. The molecule has 0 aliphatic carbocycles. The molecule has 0 saturated heterocycles. The van der Waals surface area contributed by atoms with Gasteiger partial charge in [0.05, 0.1) is 0 Å². The Labute approximate surface area is 172 Å². The molecular weight excluding hydrogens is 446 g/mol. The van der Waals surface area contributed by atoms with Crippen molar-refractivity contribution in [3.8, 4) is 0 Å². The van der Waals surface area contributed by atoms with Gasteiger partial charge in [0, 0.05) is 21.3 Å². The third-order valence-electron chi connectivity index (χ3n) is 3.93. The number of imide groups is 1. The molecule has 0 unspecified atom stereocenters. The highest BCUT2D eigenvalue weighted by atomic mass is 79.9. The minimum atomic E-state index is -1.21. The number of anilines is 1. The smallest absolute Gasteiger partial charge is 0.308 e. The summed E-state index contributed by atoms with van der Waals surface area (Å²) in [6, 6.07) is 14.8. The lowest BCUT2D eigenvalue weighted by molar-refractivity contribution is 0.0958. The lowest BCUT2D eigenvalue weighted by Crippen LogP contribution is -2.35. The summed E-state index contributed by atoms with van der Waals surface area (Å²) in [5.41, 5.74) is 0.349. The number of carbonyl (C=O) groups is 3. The molecule has 3 aromatic rings. The zero-order chi connectivity index (χ0) is 21.0. The molecular formula is C21H13BrF2N2O3. The van der Waals surface area contributed by atoms with Crippen LogP contribution in [0.2, 0.25) is 0 Å². The first-order valence-electron chi connectivity index (χ1n) is 8.32. The van der Waals surface area contributed by atoms with Crippen LogP contribution in [0.4, 0.5) is 19.3 Å². The average molecular weight is 459 g/mol. The van der Waals surface area contributed by atoms with Crippen molar-refractivity contribution in [2.75, 3.05) is 5.32 Å². The topological polar surface area (TPSA) is 75.3 Å². The van der Waals surface area contributed by atoms with Gasteiger partial charge in [0.1, 0.15) is 17.2 Å². The van der Waals surface area contributed by atoms with Gasteiger partial charge in [0.25, 0.3) is 5.91 Å². The fourth-order valence-corrected chi connectivity index (χ4v) is 2.78. The van der Waals surface area contributed by atoms with Crippen molar-refractivity contribution in [1.29, 1.82) is 0 Å². The summed E-state index contributed by atoms with van der Waals surface area (Å²) >= 11 is 3.30. The van der Waals surface area contributed by atoms with Crippen molar-refractivity contribution in [1.82, 2.24) is 5.32 Å². The van der Waals surface area contributed by atoms with E-state index in [1.54, 1.807) is 24.3 Å². The predicted molar refractivity (Wildman–Crippen MR) is 107 cm³/mol. The minimum Gasteiger partial charge on any atom is -0.308 e. The van der Waals surface area contributed by atoms with Gasteiger partial charge >= 0.3 is 6.03 Å². The van der Waals surface area contributed by atoms with Crippen molar-refractivity contribution in [2.24, 2.45) is 0 Å². The number of amides is 3. The van der Waals surface area contributed by atoms with E-state index in [-0.39, 0.29) is 11.5 Å². The van der Waals surface area contributed by atoms with E-state index < -0.39 is 29.1 Å². The summed E-state index contributed by atoms with van der Waals surface area (Å²) in [5, 5.41) is 4.22. The highest BCUT2D eigenvalue weighted by molar-refractivity contribution is 9.10. The van der Waals surface area contributed by atoms with Crippen molar-refractivity contribution < 1.29 is 23.2 Å². The molecule has 0 spiro atoms. The normalized spacial score (nSPS) is 10.3. The van der Waals surface area contributed by atoms with E-state index in [0.717, 1.165) is 22.7 Å². The third kappa shape index (κ3) is 4.91. The fraction of sp³-hybridized carbons (Fsp3) is 0. The molecule has 0 aliphatic rings. The molecule has 0 bridgehead atoms. The first kappa shape index (κ1) is 20.3. The maximum absolute atomic E-state index is 13.6. The number of hydrogen-bond acceptors (Lipinski definition) is 3. The summed E-state index contributed by atoms with van der Waals surface area (Å²) in [6.45, 7) is 0. The lowest BCUT2D eigenvalue weighted by atomic mass is 10.0. The zero-order valence-electron chi connectivity index (χ0n) is 14.7. The molecule has 0 atom stereocenters. The quantitative estimate of drug-likeness (QED) is 0.544. The number of rotatable bonds is 4. The van der Waals surface area contributed by atoms with Gasteiger partial charge in [-0.2, -0.15) is 0 Å². The zero-order valence-corrected chi connectivity index (χ0v) is 16.3. The van der Waals surface area contributed by atoms with Crippen LogP contribution in [-0.4, -0.2) is 17.7 Å². The monoisotopic (exact) mass is 458 g/mol. The van der Waals surface area contributed by atoms with E-state index in [9.17, 15) is 23.2 Å². The van der Waals surface area contributed by atoms with Crippen molar-refractivity contribution >= 4 is 39.3 Å². The Morgan fingerprint density at radius 1 is 0.759 bits per heavy atom. The maximum atomic E-state index is 13.6. The Bertz CT molecular complexity index is 1060. The van der Waals surface area contributed by atoms with Crippen LogP contribution in [-0.2, 0) is 0 Å². The maximum Gasteiger partial charge on any atom is 0.326 e. The van der Waals surface area contributed by atoms with E-state index in [4.69, 9.17) is 0 Å². The molecule has 29 heavy (non-hydrogen) atoms. The highest BCUT2D eigenvalue weighted by Gasteiger charge is 2.19. The summed E-state index contributed by atoms with van der Waals surface area (Å²) in [7, 11) is 0. The summed E-state index contributed by atoms with van der Waals surface area (Å²) in [4.78, 5) is 36.3. The average Bonchev–Trinajstić information content (AvgIpc) is 2.68. The van der Waals surface area contributed by atoms with Gasteiger partial charge < -0.3 is 5.32 Å². The van der Waals surface area contributed by atoms with Crippen LogP contribution >= 0.6 is 15.9 Å². The van der Waals surface area contributed by atoms with Crippen LogP contribution in [0.3, 0.4) is 0 Å². The van der Waals surface area contributed by atoms with Gasteiger partial charge in [-0.1, -0.05) is 22.0 Å². The van der Waals surface area contributed by atoms with Crippen molar-refractivity contribution in [3.63, 3.8) is 0 Å². The molecule has 8 heteroatoms. The lowest BCUT2D eigenvalue weighted by Gasteiger charge is -2.08. The Kier molecular flexibility index (Phi) is 6.13. The number of benzene rings is 3. The number of urea groups is 1. The number of nitrogens with one attached hydrogen (secondary N) is 2. The molecule has 0 aliphatic heterocycles. The van der Waals surface area contributed by atoms with Gasteiger partial charge in [-0.3, -0.25) is 14.9 Å². The Hall–Kier alpha value is -3.39. The van der Waals surface area contributed by atoms with E-state index in [1.807, 2.05) is 5.32 Å². The molecule has 3 rings (SSSR count).